The van der Waals surface area contributed by atoms with E-state index in [4.69, 9.17) is 5.73 Å². The van der Waals surface area contributed by atoms with Crippen molar-refractivity contribution >= 4 is 17.2 Å². The van der Waals surface area contributed by atoms with E-state index in [1.54, 1.807) is 0 Å². The molecule has 0 amide bonds. The maximum atomic E-state index is 5.97. The van der Waals surface area contributed by atoms with Crippen LogP contribution in [0.5, 0.6) is 0 Å². The van der Waals surface area contributed by atoms with Gasteiger partial charge in [-0.1, -0.05) is 6.07 Å². The highest BCUT2D eigenvalue weighted by Gasteiger charge is 2.30. The standard InChI is InChI=1S/C15H19N3S/c1-11(16)12-6-7-17-15(9-12)18(13-4-5-13)10-14-3-2-8-19-14/h2-3,6-9,11,13H,4-5,10,16H2,1H3/t11-/m1/s1. The zero-order valence-corrected chi connectivity index (χ0v) is 11.9. The molecular formula is C15H19N3S. The maximum absolute atomic E-state index is 5.97. The highest BCUT2D eigenvalue weighted by molar-refractivity contribution is 7.09. The van der Waals surface area contributed by atoms with Gasteiger partial charge in [-0.25, -0.2) is 4.98 Å². The Bertz CT molecular complexity index is 532. The average molecular weight is 273 g/mol. The van der Waals surface area contributed by atoms with Gasteiger partial charge in [-0.15, -0.1) is 11.3 Å². The third kappa shape index (κ3) is 2.96. The number of thiophene rings is 1. The van der Waals surface area contributed by atoms with Crippen LogP contribution in [-0.2, 0) is 6.54 Å². The van der Waals surface area contributed by atoms with Crippen LogP contribution in [0.4, 0.5) is 5.82 Å². The summed E-state index contributed by atoms with van der Waals surface area (Å²) >= 11 is 1.81. The van der Waals surface area contributed by atoms with Gasteiger partial charge in [0, 0.05) is 23.2 Å². The molecule has 1 saturated carbocycles. The molecule has 3 nitrogen and oxygen atoms in total. The zero-order valence-electron chi connectivity index (χ0n) is 11.1. The number of hydrogen-bond donors (Lipinski definition) is 1. The number of nitrogens with two attached hydrogens (primary N) is 1. The number of aromatic nitrogens is 1. The van der Waals surface area contributed by atoms with Crippen molar-refractivity contribution in [2.75, 3.05) is 4.90 Å². The number of rotatable bonds is 5. The molecule has 1 fully saturated rings. The van der Waals surface area contributed by atoms with Crippen molar-refractivity contribution in [3.8, 4) is 0 Å². The Morgan fingerprint density at radius 1 is 1.47 bits per heavy atom. The fourth-order valence-corrected chi connectivity index (χ4v) is 2.93. The smallest absolute Gasteiger partial charge is 0.129 e. The number of nitrogens with zero attached hydrogens (tertiary/aromatic N) is 2. The van der Waals surface area contributed by atoms with E-state index in [2.05, 4.69) is 33.5 Å². The first-order valence-electron chi connectivity index (χ1n) is 6.74. The molecule has 0 spiro atoms. The van der Waals surface area contributed by atoms with Crippen LogP contribution < -0.4 is 10.6 Å². The minimum atomic E-state index is 0.0598. The Labute approximate surface area is 118 Å². The summed E-state index contributed by atoms with van der Waals surface area (Å²) in [6, 6.07) is 9.15. The highest BCUT2D eigenvalue weighted by atomic mass is 32.1. The molecule has 4 heteroatoms. The van der Waals surface area contributed by atoms with E-state index in [1.807, 2.05) is 30.5 Å². The Morgan fingerprint density at radius 2 is 2.32 bits per heavy atom. The predicted molar refractivity (Wildman–Crippen MR) is 80.4 cm³/mol. The Balaban J connectivity index is 1.85. The van der Waals surface area contributed by atoms with Crippen LogP contribution in [0, 0.1) is 0 Å². The molecule has 1 aliphatic rings. The fourth-order valence-electron chi connectivity index (χ4n) is 2.23. The molecule has 0 saturated heterocycles. The summed E-state index contributed by atoms with van der Waals surface area (Å²) in [5.74, 6) is 1.06. The van der Waals surface area contributed by atoms with Gasteiger partial charge in [0.05, 0.1) is 6.54 Å². The van der Waals surface area contributed by atoms with E-state index in [9.17, 15) is 0 Å². The molecule has 100 valence electrons. The van der Waals surface area contributed by atoms with E-state index < -0.39 is 0 Å². The van der Waals surface area contributed by atoms with Gasteiger partial charge in [-0.3, -0.25) is 0 Å². The zero-order chi connectivity index (χ0) is 13.2. The molecule has 1 atom stereocenters. The van der Waals surface area contributed by atoms with E-state index in [-0.39, 0.29) is 6.04 Å². The van der Waals surface area contributed by atoms with Crippen LogP contribution in [0.1, 0.15) is 36.2 Å². The van der Waals surface area contributed by atoms with Crippen molar-refractivity contribution in [3.63, 3.8) is 0 Å². The van der Waals surface area contributed by atoms with Crippen molar-refractivity contribution in [3.05, 3.63) is 46.3 Å². The largest absolute Gasteiger partial charge is 0.348 e. The molecule has 2 heterocycles. The topological polar surface area (TPSA) is 42.1 Å². The molecule has 2 aromatic rings. The van der Waals surface area contributed by atoms with Gasteiger partial charge < -0.3 is 10.6 Å². The lowest BCUT2D eigenvalue weighted by Gasteiger charge is -2.23. The van der Waals surface area contributed by atoms with Crippen LogP contribution in [-0.4, -0.2) is 11.0 Å². The van der Waals surface area contributed by atoms with Crippen molar-refractivity contribution in [2.24, 2.45) is 5.73 Å². The van der Waals surface area contributed by atoms with E-state index in [1.165, 1.54) is 17.7 Å². The molecule has 0 unspecified atom stereocenters. The van der Waals surface area contributed by atoms with Gasteiger partial charge in [0.15, 0.2) is 0 Å². The lowest BCUT2D eigenvalue weighted by Crippen LogP contribution is -2.25. The maximum Gasteiger partial charge on any atom is 0.129 e. The fraction of sp³-hybridized carbons (Fsp3) is 0.400. The second kappa shape index (κ2) is 5.31. The van der Waals surface area contributed by atoms with Crippen molar-refractivity contribution in [1.29, 1.82) is 0 Å². The van der Waals surface area contributed by atoms with Crippen LogP contribution >= 0.6 is 11.3 Å². The number of pyridine rings is 1. The van der Waals surface area contributed by atoms with Gasteiger partial charge >= 0.3 is 0 Å². The van der Waals surface area contributed by atoms with E-state index in [0.717, 1.165) is 17.9 Å². The summed E-state index contributed by atoms with van der Waals surface area (Å²) in [4.78, 5) is 8.34. The third-order valence-corrected chi connectivity index (χ3v) is 4.34. The minimum Gasteiger partial charge on any atom is -0.348 e. The SMILES string of the molecule is C[C@@H](N)c1ccnc(N(Cc2cccs2)C2CC2)c1. The Morgan fingerprint density at radius 3 is 2.95 bits per heavy atom. The predicted octanol–water partition coefficient (Wildman–Crippen LogP) is 3.33. The summed E-state index contributed by atoms with van der Waals surface area (Å²) < 4.78 is 0. The van der Waals surface area contributed by atoms with Crippen LogP contribution in [0.2, 0.25) is 0 Å². The van der Waals surface area contributed by atoms with Crippen LogP contribution in [0.3, 0.4) is 0 Å². The highest BCUT2D eigenvalue weighted by Crippen LogP contribution is 2.33. The van der Waals surface area contributed by atoms with Gasteiger partial charge in [0.2, 0.25) is 0 Å². The summed E-state index contributed by atoms with van der Waals surface area (Å²) in [6.45, 7) is 2.97. The summed E-state index contributed by atoms with van der Waals surface area (Å²) in [5.41, 5.74) is 7.12. The normalized spacial score (nSPS) is 16.3. The number of anilines is 1. The first-order valence-corrected chi connectivity index (χ1v) is 7.62. The summed E-state index contributed by atoms with van der Waals surface area (Å²) in [6.07, 6.45) is 4.42. The van der Waals surface area contributed by atoms with Gasteiger partial charge in [-0.2, -0.15) is 0 Å². The Hall–Kier alpha value is -1.39. The number of hydrogen-bond acceptors (Lipinski definition) is 4. The molecule has 0 aromatic carbocycles. The van der Waals surface area contributed by atoms with Crippen molar-refractivity contribution in [1.82, 2.24) is 4.98 Å². The molecule has 19 heavy (non-hydrogen) atoms. The molecule has 2 aromatic heterocycles. The minimum absolute atomic E-state index is 0.0598. The lowest BCUT2D eigenvalue weighted by atomic mass is 10.1. The second-order valence-electron chi connectivity index (χ2n) is 5.17. The van der Waals surface area contributed by atoms with Crippen LogP contribution in [0.25, 0.3) is 0 Å². The first-order chi connectivity index (χ1) is 9.24. The molecule has 0 bridgehead atoms. The van der Waals surface area contributed by atoms with E-state index >= 15 is 0 Å². The Kier molecular flexibility index (Phi) is 3.53. The lowest BCUT2D eigenvalue weighted by molar-refractivity contribution is 0.773. The molecule has 1 aliphatic carbocycles. The van der Waals surface area contributed by atoms with Crippen LogP contribution in [0.15, 0.2) is 35.8 Å². The van der Waals surface area contributed by atoms with Crippen molar-refractivity contribution < 1.29 is 0 Å². The first kappa shape index (κ1) is 12.6. The van der Waals surface area contributed by atoms with Crippen molar-refractivity contribution in [2.45, 2.75) is 38.4 Å². The molecule has 0 radical (unpaired) electrons. The molecule has 3 rings (SSSR count). The molecular weight excluding hydrogens is 254 g/mol. The summed E-state index contributed by atoms with van der Waals surface area (Å²) in [5, 5.41) is 2.13. The monoisotopic (exact) mass is 273 g/mol. The van der Waals surface area contributed by atoms with E-state index in [0.29, 0.717) is 6.04 Å². The van der Waals surface area contributed by atoms with Gasteiger partial charge in [-0.05, 0) is 48.9 Å². The molecule has 0 aliphatic heterocycles. The van der Waals surface area contributed by atoms with Gasteiger partial charge in [0.25, 0.3) is 0 Å². The second-order valence-corrected chi connectivity index (χ2v) is 6.21. The molecule has 2 N–H and O–H groups in total. The van der Waals surface area contributed by atoms with Gasteiger partial charge in [0.1, 0.15) is 5.82 Å². The average Bonchev–Trinajstić information content (AvgIpc) is 3.13. The third-order valence-electron chi connectivity index (χ3n) is 3.48. The summed E-state index contributed by atoms with van der Waals surface area (Å²) in [7, 11) is 0. The quantitative estimate of drug-likeness (QED) is 0.908.